The Morgan fingerprint density at radius 1 is 0.409 bits per heavy atom. The third-order valence-electron chi connectivity index (χ3n) is 7.56. The number of nitriles is 2. The van der Waals surface area contributed by atoms with Crippen molar-refractivity contribution in [3.05, 3.63) is 151 Å². The number of aromatic nitrogens is 3. The zero-order valence-corrected chi connectivity index (χ0v) is 23.5. The lowest BCUT2D eigenvalue weighted by Crippen LogP contribution is -2.00. The van der Waals surface area contributed by atoms with Gasteiger partial charge in [0, 0.05) is 16.7 Å². The first-order chi connectivity index (χ1) is 21.7. The standard InChI is InChI=1S/C39H23N5/c40-24-26-21-27(25-41)23-33(22-26)35-20-19-28-9-7-8-14-34(28)36(35)29-15-17-32(18-16-29)39-43-37(30-10-3-1-4-11-30)42-38(44-39)31-12-5-2-6-13-31/h1-23H. The van der Waals surface area contributed by atoms with Crippen molar-refractivity contribution in [2.45, 2.75) is 0 Å². The van der Waals surface area contributed by atoms with Crippen LogP contribution in [0, 0.1) is 22.7 Å². The summed E-state index contributed by atoms with van der Waals surface area (Å²) in [5, 5.41) is 21.5. The van der Waals surface area contributed by atoms with Gasteiger partial charge in [0.1, 0.15) is 0 Å². The zero-order chi connectivity index (χ0) is 29.9. The maximum atomic E-state index is 9.63. The van der Waals surface area contributed by atoms with E-state index < -0.39 is 0 Å². The normalized spacial score (nSPS) is 10.7. The molecule has 1 aromatic heterocycles. The van der Waals surface area contributed by atoms with Gasteiger partial charge in [-0.15, -0.1) is 0 Å². The van der Waals surface area contributed by atoms with Crippen molar-refractivity contribution >= 4 is 10.8 Å². The highest BCUT2D eigenvalue weighted by Gasteiger charge is 2.16. The molecule has 1 heterocycles. The second-order valence-corrected chi connectivity index (χ2v) is 10.3. The van der Waals surface area contributed by atoms with Crippen LogP contribution >= 0.6 is 0 Å². The van der Waals surface area contributed by atoms with E-state index in [1.54, 1.807) is 6.07 Å². The number of hydrogen-bond acceptors (Lipinski definition) is 5. The number of hydrogen-bond donors (Lipinski definition) is 0. The van der Waals surface area contributed by atoms with Crippen molar-refractivity contribution in [1.29, 1.82) is 10.5 Å². The summed E-state index contributed by atoms with van der Waals surface area (Å²) >= 11 is 0. The van der Waals surface area contributed by atoms with Crippen LogP contribution in [0.2, 0.25) is 0 Å². The summed E-state index contributed by atoms with van der Waals surface area (Å²) in [5.41, 5.74) is 7.40. The molecule has 0 aliphatic rings. The van der Waals surface area contributed by atoms with Crippen LogP contribution in [0.5, 0.6) is 0 Å². The SMILES string of the molecule is N#Cc1cc(C#N)cc(-c2ccc3ccccc3c2-c2ccc(-c3nc(-c4ccccc4)nc(-c4ccccc4)n3)cc2)c1. The highest BCUT2D eigenvalue weighted by Crippen LogP contribution is 2.39. The third kappa shape index (κ3) is 5.07. The molecule has 0 saturated carbocycles. The van der Waals surface area contributed by atoms with Crippen LogP contribution in [0.4, 0.5) is 0 Å². The molecular weight excluding hydrogens is 538 g/mol. The Bertz CT molecular complexity index is 2140. The maximum absolute atomic E-state index is 9.63. The average Bonchev–Trinajstić information content (AvgIpc) is 3.11. The largest absolute Gasteiger partial charge is 0.208 e. The van der Waals surface area contributed by atoms with Crippen molar-refractivity contribution < 1.29 is 0 Å². The molecule has 0 unspecified atom stereocenters. The summed E-state index contributed by atoms with van der Waals surface area (Å²) in [7, 11) is 0. The fourth-order valence-corrected chi connectivity index (χ4v) is 5.46. The molecule has 0 fully saturated rings. The third-order valence-corrected chi connectivity index (χ3v) is 7.56. The number of fused-ring (bicyclic) bond motifs is 1. The van der Waals surface area contributed by atoms with Gasteiger partial charge in [0.05, 0.1) is 23.3 Å². The minimum absolute atomic E-state index is 0.451. The highest BCUT2D eigenvalue weighted by atomic mass is 15.0. The first kappa shape index (κ1) is 26.5. The molecule has 6 aromatic carbocycles. The topological polar surface area (TPSA) is 86.2 Å². The Morgan fingerprint density at radius 2 is 0.886 bits per heavy atom. The van der Waals surface area contributed by atoms with E-state index in [4.69, 9.17) is 15.0 Å². The van der Waals surface area contributed by atoms with Crippen LogP contribution in [0.25, 0.3) is 67.2 Å². The van der Waals surface area contributed by atoms with Crippen molar-refractivity contribution in [2.75, 3.05) is 0 Å². The van der Waals surface area contributed by atoms with Gasteiger partial charge in [0.25, 0.3) is 0 Å². The number of benzene rings is 6. The van der Waals surface area contributed by atoms with Crippen LogP contribution in [0.1, 0.15) is 11.1 Å². The Hall–Kier alpha value is -6.43. The zero-order valence-electron chi connectivity index (χ0n) is 23.5. The first-order valence-corrected chi connectivity index (χ1v) is 14.2. The summed E-state index contributed by atoms with van der Waals surface area (Å²) in [6, 6.07) is 50.1. The fourth-order valence-electron chi connectivity index (χ4n) is 5.46. The minimum atomic E-state index is 0.451. The molecule has 7 aromatic rings. The molecular formula is C39H23N5. The Kier molecular flexibility index (Phi) is 6.89. The molecule has 5 heteroatoms. The van der Waals surface area contributed by atoms with E-state index in [1.165, 1.54) is 0 Å². The molecule has 0 N–H and O–H groups in total. The van der Waals surface area contributed by atoms with Crippen molar-refractivity contribution in [1.82, 2.24) is 15.0 Å². The molecule has 0 amide bonds. The summed E-state index contributed by atoms with van der Waals surface area (Å²) in [6.45, 7) is 0. The van der Waals surface area contributed by atoms with Gasteiger partial charge < -0.3 is 0 Å². The number of nitrogens with zero attached hydrogens (tertiary/aromatic N) is 5. The van der Waals surface area contributed by atoms with E-state index in [0.717, 1.165) is 49.7 Å². The summed E-state index contributed by atoms with van der Waals surface area (Å²) in [5.74, 6) is 1.81. The highest BCUT2D eigenvalue weighted by molar-refractivity contribution is 6.04. The molecule has 7 rings (SSSR count). The molecule has 44 heavy (non-hydrogen) atoms. The van der Waals surface area contributed by atoms with E-state index in [-0.39, 0.29) is 0 Å². The lowest BCUT2D eigenvalue weighted by atomic mass is 9.88. The van der Waals surface area contributed by atoms with Gasteiger partial charge >= 0.3 is 0 Å². The lowest BCUT2D eigenvalue weighted by molar-refractivity contribution is 1.07. The Balaban J connectivity index is 1.38. The predicted octanol–water partition coefficient (Wildman–Crippen LogP) is 9.10. The van der Waals surface area contributed by atoms with E-state index in [2.05, 4.69) is 48.5 Å². The van der Waals surface area contributed by atoms with Crippen molar-refractivity contribution in [2.24, 2.45) is 0 Å². The second kappa shape index (κ2) is 11.4. The van der Waals surface area contributed by atoms with E-state index in [9.17, 15) is 10.5 Å². The molecule has 0 atom stereocenters. The van der Waals surface area contributed by atoms with Crippen molar-refractivity contribution in [3.63, 3.8) is 0 Å². The summed E-state index contributed by atoms with van der Waals surface area (Å²) in [6.07, 6.45) is 0. The van der Waals surface area contributed by atoms with Crippen LogP contribution in [-0.2, 0) is 0 Å². The quantitative estimate of drug-likeness (QED) is 0.209. The van der Waals surface area contributed by atoms with Gasteiger partial charge in [-0.25, -0.2) is 15.0 Å². The van der Waals surface area contributed by atoms with E-state index in [1.807, 2.05) is 97.1 Å². The average molecular weight is 562 g/mol. The van der Waals surface area contributed by atoms with Crippen LogP contribution in [0.3, 0.4) is 0 Å². The molecule has 0 saturated heterocycles. The first-order valence-electron chi connectivity index (χ1n) is 14.2. The van der Waals surface area contributed by atoms with Crippen molar-refractivity contribution in [3.8, 4) is 68.6 Å². The van der Waals surface area contributed by atoms with Gasteiger partial charge in [-0.05, 0) is 51.2 Å². The van der Waals surface area contributed by atoms with E-state index in [0.29, 0.717) is 28.6 Å². The van der Waals surface area contributed by atoms with E-state index >= 15 is 0 Å². The summed E-state index contributed by atoms with van der Waals surface area (Å²) in [4.78, 5) is 14.5. The van der Waals surface area contributed by atoms with Gasteiger partial charge in [-0.1, -0.05) is 121 Å². The summed E-state index contributed by atoms with van der Waals surface area (Å²) < 4.78 is 0. The molecule has 0 bridgehead atoms. The van der Waals surface area contributed by atoms with Crippen LogP contribution in [-0.4, -0.2) is 15.0 Å². The molecule has 0 radical (unpaired) electrons. The Morgan fingerprint density at radius 3 is 1.43 bits per heavy atom. The van der Waals surface area contributed by atoms with Gasteiger partial charge in [0.15, 0.2) is 17.5 Å². The van der Waals surface area contributed by atoms with Crippen LogP contribution in [0.15, 0.2) is 140 Å². The molecule has 5 nitrogen and oxygen atoms in total. The van der Waals surface area contributed by atoms with Gasteiger partial charge in [-0.2, -0.15) is 10.5 Å². The predicted molar refractivity (Wildman–Crippen MR) is 174 cm³/mol. The lowest BCUT2D eigenvalue weighted by Gasteiger charge is -2.15. The van der Waals surface area contributed by atoms with Gasteiger partial charge in [-0.3, -0.25) is 0 Å². The second-order valence-electron chi connectivity index (χ2n) is 10.3. The molecule has 0 aliphatic carbocycles. The Labute approximate surface area is 255 Å². The molecule has 0 aliphatic heterocycles. The number of rotatable bonds is 5. The maximum Gasteiger partial charge on any atom is 0.164 e. The molecule has 0 spiro atoms. The smallest absolute Gasteiger partial charge is 0.164 e. The fraction of sp³-hybridized carbons (Fsp3) is 0. The monoisotopic (exact) mass is 561 g/mol. The van der Waals surface area contributed by atoms with Crippen LogP contribution < -0.4 is 0 Å². The van der Waals surface area contributed by atoms with Gasteiger partial charge in [0.2, 0.25) is 0 Å². The minimum Gasteiger partial charge on any atom is -0.208 e. The molecule has 204 valence electrons.